The third kappa shape index (κ3) is 3.98. The molecule has 1 aliphatic rings. The van der Waals surface area contributed by atoms with E-state index in [1.807, 2.05) is 30.3 Å². The number of carbonyl (C=O) groups is 1. The van der Waals surface area contributed by atoms with Crippen molar-refractivity contribution in [1.82, 2.24) is 9.97 Å². The third-order valence-corrected chi connectivity index (χ3v) is 5.37. The molecule has 0 saturated heterocycles. The molecule has 8 heteroatoms. The van der Waals surface area contributed by atoms with Crippen LogP contribution in [-0.4, -0.2) is 15.9 Å². The summed E-state index contributed by atoms with van der Waals surface area (Å²) in [7, 11) is 0. The van der Waals surface area contributed by atoms with E-state index in [1.165, 1.54) is 12.1 Å². The molecule has 164 valence electrons. The Morgan fingerprint density at radius 2 is 1.64 bits per heavy atom. The molecule has 0 unspecified atom stereocenters. The van der Waals surface area contributed by atoms with Crippen LogP contribution in [0.2, 0.25) is 0 Å². The van der Waals surface area contributed by atoms with Crippen LogP contribution in [-0.2, 0) is 11.0 Å². The summed E-state index contributed by atoms with van der Waals surface area (Å²) in [4.78, 5) is 20.0. The van der Waals surface area contributed by atoms with Crippen molar-refractivity contribution in [2.45, 2.75) is 6.18 Å². The van der Waals surface area contributed by atoms with Gasteiger partial charge in [0.2, 0.25) is 0 Å². The number of nitrogens with zero attached hydrogens (tertiary/aromatic N) is 1. The van der Waals surface area contributed by atoms with Crippen molar-refractivity contribution >= 4 is 28.6 Å². The number of halogens is 3. The number of amides is 1. The Hall–Kier alpha value is -4.33. The largest absolute Gasteiger partial charge is 0.416 e. The highest BCUT2D eigenvalue weighted by Crippen LogP contribution is 2.38. The molecule has 5 rings (SSSR count). The average Bonchev–Trinajstić information content (AvgIpc) is 3.45. The highest BCUT2D eigenvalue weighted by molar-refractivity contribution is 6.37. The molecule has 0 spiro atoms. The number of aromatic nitrogens is 2. The average molecular weight is 446 g/mol. The maximum Gasteiger partial charge on any atom is 0.416 e. The number of H-pyrrole nitrogens is 1. The molecule has 3 N–H and O–H groups in total. The Balaban J connectivity index is 1.59. The van der Waals surface area contributed by atoms with Crippen molar-refractivity contribution < 1.29 is 18.0 Å². The first kappa shape index (κ1) is 20.6. The van der Waals surface area contributed by atoms with Gasteiger partial charge in [-0.15, -0.1) is 0 Å². The number of carbonyl (C=O) groups excluding carboxylic acids is 1. The lowest BCUT2D eigenvalue weighted by atomic mass is 9.99. The minimum Gasteiger partial charge on any atom is -0.354 e. The van der Waals surface area contributed by atoms with Crippen LogP contribution in [0.3, 0.4) is 0 Å². The van der Waals surface area contributed by atoms with E-state index in [9.17, 15) is 18.0 Å². The van der Waals surface area contributed by atoms with Crippen LogP contribution >= 0.6 is 0 Å². The number of aromatic amines is 1. The molecule has 33 heavy (non-hydrogen) atoms. The fourth-order valence-electron chi connectivity index (χ4n) is 3.76. The van der Waals surface area contributed by atoms with Crippen LogP contribution in [0.25, 0.3) is 22.5 Å². The first-order valence-electron chi connectivity index (χ1n) is 10.1. The molecule has 2 heterocycles. The Kier molecular flexibility index (Phi) is 4.97. The minimum absolute atomic E-state index is 0.327. The van der Waals surface area contributed by atoms with Crippen molar-refractivity contribution in [3.8, 4) is 11.3 Å². The van der Waals surface area contributed by atoms with E-state index in [-0.39, 0.29) is 5.91 Å². The van der Waals surface area contributed by atoms with Gasteiger partial charge in [0.15, 0.2) is 0 Å². The Bertz CT molecular complexity index is 1340. The zero-order chi connectivity index (χ0) is 23.0. The maximum absolute atomic E-state index is 13.1. The number of hydrogen-bond acceptors (Lipinski definition) is 3. The van der Waals surface area contributed by atoms with Gasteiger partial charge in [-0.05, 0) is 35.9 Å². The fraction of sp³-hybridized carbons (Fsp3) is 0.0400. The lowest BCUT2D eigenvalue weighted by Gasteiger charge is -2.16. The van der Waals surface area contributed by atoms with Crippen LogP contribution < -0.4 is 10.6 Å². The highest BCUT2D eigenvalue weighted by Gasteiger charge is 2.31. The summed E-state index contributed by atoms with van der Waals surface area (Å²) >= 11 is 0. The molecular formula is C25H17F3N4O. The number of alkyl halides is 3. The standard InChI is InChI=1S/C25H17F3N4O/c26-25(27,28)17-9-5-16(6-10-17)23(22-19-3-1-2-4-20(19)32-24(22)33)31-18-11-7-15(8-12-18)21-13-29-14-30-21/h1-14,31H,(H,29,30)(H,32,33)/b23-22-. The quantitative estimate of drug-likeness (QED) is 0.335. The molecule has 0 bridgehead atoms. The number of fused-ring (bicyclic) bond motifs is 1. The zero-order valence-electron chi connectivity index (χ0n) is 17.1. The van der Waals surface area contributed by atoms with Gasteiger partial charge in [-0.3, -0.25) is 4.79 Å². The van der Waals surface area contributed by atoms with Crippen molar-refractivity contribution in [1.29, 1.82) is 0 Å². The summed E-state index contributed by atoms with van der Waals surface area (Å²) in [5.74, 6) is -0.327. The second-order valence-corrected chi connectivity index (χ2v) is 7.48. The first-order valence-corrected chi connectivity index (χ1v) is 10.1. The number of imidazole rings is 1. The normalized spacial score (nSPS) is 14.6. The zero-order valence-corrected chi connectivity index (χ0v) is 17.1. The molecule has 0 radical (unpaired) electrons. The van der Waals surface area contributed by atoms with Crippen molar-refractivity contribution in [2.75, 3.05) is 10.6 Å². The Morgan fingerprint density at radius 1 is 0.909 bits per heavy atom. The summed E-state index contributed by atoms with van der Waals surface area (Å²) in [5.41, 5.74) is 4.17. The lowest BCUT2D eigenvalue weighted by Crippen LogP contribution is -2.11. The molecule has 1 amide bonds. The van der Waals surface area contributed by atoms with Crippen molar-refractivity contribution in [3.05, 3.63) is 102 Å². The van der Waals surface area contributed by atoms with E-state index < -0.39 is 11.7 Å². The number of nitrogens with one attached hydrogen (secondary N) is 3. The summed E-state index contributed by atoms with van der Waals surface area (Å²) in [6, 6.07) is 19.3. The lowest BCUT2D eigenvalue weighted by molar-refractivity contribution is -0.137. The van der Waals surface area contributed by atoms with E-state index in [2.05, 4.69) is 20.6 Å². The monoisotopic (exact) mass is 446 g/mol. The number of rotatable bonds is 4. The molecule has 1 aromatic heterocycles. The molecule has 0 fully saturated rings. The molecular weight excluding hydrogens is 429 g/mol. The van der Waals surface area contributed by atoms with Gasteiger partial charge in [0.25, 0.3) is 5.91 Å². The van der Waals surface area contributed by atoms with Gasteiger partial charge in [-0.25, -0.2) is 4.98 Å². The topological polar surface area (TPSA) is 69.8 Å². The fourth-order valence-corrected chi connectivity index (χ4v) is 3.76. The molecule has 5 nitrogen and oxygen atoms in total. The van der Waals surface area contributed by atoms with E-state index in [1.54, 1.807) is 30.7 Å². The van der Waals surface area contributed by atoms with E-state index in [0.29, 0.717) is 33.8 Å². The van der Waals surface area contributed by atoms with Gasteiger partial charge in [0, 0.05) is 28.7 Å². The van der Waals surface area contributed by atoms with E-state index in [0.717, 1.165) is 23.4 Å². The van der Waals surface area contributed by atoms with E-state index in [4.69, 9.17) is 0 Å². The second kappa shape index (κ2) is 7.98. The molecule has 4 aromatic rings. The van der Waals surface area contributed by atoms with Crippen LogP contribution in [0.4, 0.5) is 24.5 Å². The van der Waals surface area contributed by atoms with Gasteiger partial charge in [-0.1, -0.05) is 42.5 Å². The molecule has 1 aliphatic heterocycles. The molecule has 0 saturated carbocycles. The van der Waals surface area contributed by atoms with Crippen molar-refractivity contribution in [3.63, 3.8) is 0 Å². The smallest absolute Gasteiger partial charge is 0.354 e. The van der Waals surface area contributed by atoms with Crippen LogP contribution in [0, 0.1) is 0 Å². The molecule has 3 aromatic carbocycles. The minimum atomic E-state index is -4.45. The van der Waals surface area contributed by atoms with Gasteiger partial charge >= 0.3 is 6.18 Å². The first-order chi connectivity index (χ1) is 15.9. The third-order valence-electron chi connectivity index (χ3n) is 5.37. The maximum atomic E-state index is 13.1. The van der Waals surface area contributed by atoms with Gasteiger partial charge < -0.3 is 15.6 Å². The highest BCUT2D eigenvalue weighted by atomic mass is 19.4. The predicted molar refractivity (Wildman–Crippen MR) is 121 cm³/mol. The van der Waals surface area contributed by atoms with Crippen LogP contribution in [0.5, 0.6) is 0 Å². The Morgan fingerprint density at radius 3 is 2.30 bits per heavy atom. The van der Waals surface area contributed by atoms with Crippen LogP contribution in [0.15, 0.2) is 85.3 Å². The Labute approximate surface area is 187 Å². The van der Waals surface area contributed by atoms with Crippen molar-refractivity contribution in [2.24, 2.45) is 0 Å². The number of benzene rings is 3. The second-order valence-electron chi connectivity index (χ2n) is 7.48. The summed E-state index contributed by atoms with van der Waals surface area (Å²) in [6.45, 7) is 0. The predicted octanol–water partition coefficient (Wildman–Crippen LogP) is 6.03. The van der Waals surface area contributed by atoms with Gasteiger partial charge in [-0.2, -0.15) is 13.2 Å². The van der Waals surface area contributed by atoms with Gasteiger partial charge in [0.05, 0.1) is 28.9 Å². The SMILES string of the molecule is O=C1Nc2ccccc2/C1=C(/Nc1ccc(-c2c[nH]cn2)cc1)c1ccc(C(F)(F)F)cc1. The molecule has 0 aliphatic carbocycles. The summed E-state index contributed by atoms with van der Waals surface area (Å²) in [5, 5.41) is 6.07. The van der Waals surface area contributed by atoms with Crippen LogP contribution in [0.1, 0.15) is 16.7 Å². The number of hydrogen-bond donors (Lipinski definition) is 3. The number of anilines is 2. The van der Waals surface area contributed by atoms with E-state index >= 15 is 0 Å². The molecule has 0 atom stereocenters. The number of para-hydroxylation sites is 1. The summed E-state index contributed by atoms with van der Waals surface area (Å²) in [6.07, 6.45) is -1.08. The van der Waals surface area contributed by atoms with Gasteiger partial charge in [0.1, 0.15) is 0 Å². The summed E-state index contributed by atoms with van der Waals surface area (Å²) < 4.78 is 39.2.